The molecule has 2 aromatic carbocycles. The van der Waals surface area contributed by atoms with Gasteiger partial charge >= 0.3 is 0 Å². The van der Waals surface area contributed by atoms with Gasteiger partial charge in [0, 0.05) is 17.4 Å². The van der Waals surface area contributed by atoms with Crippen LogP contribution in [0.4, 0.5) is 5.69 Å². The molecule has 2 aromatic rings. The van der Waals surface area contributed by atoms with E-state index in [0.717, 1.165) is 10.0 Å². The van der Waals surface area contributed by atoms with E-state index >= 15 is 0 Å². The SMILES string of the molecule is COc1ccccc1NC(=O)CCCN1C(=O)/C(=C/c2ccc(Br)cc2)SC1=S. The highest BCUT2D eigenvalue weighted by Gasteiger charge is 2.31. The number of halogens is 1. The summed E-state index contributed by atoms with van der Waals surface area (Å²) in [7, 11) is 1.56. The summed E-state index contributed by atoms with van der Waals surface area (Å²) >= 11 is 10.0. The largest absolute Gasteiger partial charge is 0.495 e. The van der Waals surface area contributed by atoms with E-state index < -0.39 is 0 Å². The van der Waals surface area contributed by atoms with Crippen LogP contribution in [0, 0.1) is 0 Å². The Labute approximate surface area is 187 Å². The first kappa shape index (κ1) is 21.5. The van der Waals surface area contributed by atoms with Crippen LogP contribution in [0.2, 0.25) is 0 Å². The quantitative estimate of drug-likeness (QED) is 0.433. The summed E-state index contributed by atoms with van der Waals surface area (Å²) in [4.78, 5) is 27.0. The van der Waals surface area contributed by atoms with Crippen molar-refractivity contribution in [3.05, 3.63) is 63.5 Å². The standard InChI is InChI=1S/C21H19BrN2O3S2/c1-27-17-6-3-2-5-16(17)23-19(25)7-4-12-24-20(26)18(29-21(24)28)13-14-8-10-15(22)11-9-14/h2-3,5-6,8-11,13H,4,7,12H2,1H3,(H,23,25)/b18-13-. The Balaban J connectivity index is 1.54. The van der Waals surface area contributed by atoms with Gasteiger partial charge in [0.2, 0.25) is 5.91 Å². The number of anilines is 1. The molecule has 0 aliphatic carbocycles. The number of benzene rings is 2. The average molecular weight is 491 g/mol. The van der Waals surface area contributed by atoms with Crippen LogP contribution in [0.1, 0.15) is 18.4 Å². The molecule has 0 aromatic heterocycles. The summed E-state index contributed by atoms with van der Waals surface area (Å²) in [5.74, 6) is 0.356. The fraction of sp³-hybridized carbons (Fsp3) is 0.190. The lowest BCUT2D eigenvalue weighted by Crippen LogP contribution is -2.29. The van der Waals surface area contributed by atoms with Crippen LogP contribution in [-0.2, 0) is 9.59 Å². The molecule has 1 aliphatic heterocycles. The Morgan fingerprint density at radius 3 is 2.69 bits per heavy atom. The zero-order valence-corrected chi connectivity index (χ0v) is 18.9. The summed E-state index contributed by atoms with van der Waals surface area (Å²) in [5, 5.41) is 2.83. The lowest BCUT2D eigenvalue weighted by Gasteiger charge is -2.14. The minimum absolute atomic E-state index is 0.118. The Hall–Kier alpha value is -2.16. The first-order valence-corrected chi connectivity index (χ1v) is 10.9. The molecule has 2 amide bonds. The summed E-state index contributed by atoms with van der Waals surface area (Å²) in [6, 6.07) is 14.9. The second kappa shape index (κ2) is 10.0. The Morgan fingerprint density at radius 1 is 1.24 bits per heavy atom. The lowest BCUT2D eigenvalue weighted by atomic mass is 10.2. The highest BCUT2D eigenvalue weighted by molar-refractivity contribution is 9.10. The molecule has 0 saturated carbocycles. The van der Waals surface area contributed by atoms with E-state index in [2.05, 4.69) is 21.2 Å². The number of hydrogen-bond acceptors (Lipinski definition) is 5. The summed E-state index contributed by atoms with van der Waals surface area (Å²) in [6.45, 7) is 0.404. The van der Waals surface area contributed by atoms with Crippen molar-refractivity contribution in [2.24, 2.45) is 0 Å². The zero-order chi connectivity index (χ0) is 20.8. The molecule has 1 N–H and O–H groups in total. The van der Waals surface area contributed by atoms with Crippen LogP contribution in [0.3, 0.4) is 0 Å². The fourth-order valence-corrected chi connectivity index (χ4v) is 4.33. The van der Waals surface area contributed by atoms with Gasteiger partial charge in [-0.25, -0.2) is 0 Å². The molecule has 0 spiro atoms. The molecule has 0 bridgehead atoms. The van der Waals surface area contributed by atoms with Gasteiger partial charge < -0.3 is 10.1 Å². The number of carbonyl (C=O) groups excluding carboxylic acids is 2. The fourth-order valence-electron chi connectivity index (χ4n) is 2.76. The number of carbonyl (C=O) groups is 2. The third kappa shape index (κ3) is 5.68. The molecule has 29 heavy (non-hydrogen) atoms. The summed E-state index contributed by atoms with van der Waals surface area (Å²) < 4.78 is 6.73. The number of amides is 2. The maximum Gasteiger partial charge on any atom is 0.266 e. The van der Waals surface area contributed by atoms with E-state index in [4.69, 9.17) is 17.0 Å². The average Bonchev–Trinajstić information content (AvgIpc) is 2.97. The van der Waals surface area contributed by atoms with Crippen LogP contribution in [-0.4, -0.2) is 34.7 Å². The molecule has 1 heterocycles. The summed E-state index contributed by atoms with van der Waals surface area (Å²) in [6.07, 6.45) is 2.62. The Kier molecular flexibility index (Phi) is 7.46. The number of nitrogens with zero attached hydrogens (tertiary/aromatic N) is 1. The number of hydrogen-bond donors (Lipinski definition) is 1. The summed E-state index contributed by atoms with van der Waals surface area (Å²) in [5.41, 5.74) is 1.56. The molecule has 8 heteroatoms. The molecule has 0 unspecified atom stereocenters. The smallest absolute Gasteiger partial charge is 0.266 e. The monoisotopic (exact) mass is 490 g/mol. The number of para-hydroxylation sites is 2. The van der Waals surface area contributed by atoms with Crippen molar-refractivity contribution in [3.8, 4) is 5.75 Å². The predicted molar refractivity (Wildman–Crippen MR) is 125 cm³/mol. The van der Waals surface area contributed by atoms with Gasteiger partial charge in [-0.3, -0.25) is 14.5 Å². The van der Waals surface area contributed by atoms with E-state index in [1.807, 2.05) is 42.5 Å². The number of thioether (sulfide) groups is 1. The Morgan fingerprint density at radius 2 is 1.97 bits per heavy atom. The molecule has 150 valence electrons. The maximum atomic E-state index is 12.7. The van der Waals surface area contributed by atoms with Gasteiger partial charge in [-0.15, -0.1) is 0 Å². The van der Waals surface area contributed by atoms with Gasteiger partial charge in [0.25, 0.3) is 5.91 Å². The highest BCUT2D eigenvalue weighted by atomic mass is 79.9. The topological polar surface area (TPSA) is 58.6 Å². The van der Waals surface area contributed by atoms with Crippen molar-refractivity contribution >= 4 is 67.8 Å². The highest BCUT2D eigenvalue weighted by Crippen LogP contribution is 2.33. The van der Waals surface area contributed by atoms with Gasteiger partial charge in [0.1, 0.15) is 10.1 Å². The third-order valence-electron chi connectivity index (χ3n) is 4.21. The molecule has 1 fully saturated rings. The normalized spacial score (nSPS) is 15.1. The number of nitrogens with one attached hydrogen (secondary N) is 1. The first-order valence-electron chi connectivity index (χ1n) is 8.92. The van der Waals surface area contributed by atoms with Gasteiger partial charge in [-0.2, -0.15) is 0 Å². The van der Waals surface area contributed by atoms with Crippen molar-refractivity contribution in [2.45, 2.75) is 12.8 Å². The Bertz CT molecular complexity index is 961. The molecule has 1 aliphatic rings. The predicted octanol–water partition coefficient (Wildman–Crippen LogP) is 5.08. The van der Waals surface area contributed by atoms with Crippen LogP contribution in [0.5, 0.6) is 5.75 Å². The molecule has 3 rings (SSSR count). The maximum absolute atomic E-state index is 12.7. The van der Waals surface area contributed by atoms with E-state index in [1.54, 1.807) is 24.1 Å². The van der Waals surface area contributed by atoms with Crippen molar-refractivity contribution in [2.75, 3.05) is 19.0 Å². The van der Waals surface area contributed by atoms with E-state index in [1.165, 1.54) is 11.8 Å². The number of rotatable bonds is 7. The van der Waals surface area contributed by atoms with Crippen molar-refractivity contribution in [3.63, 3.8) is 0 Å². The van der Waals surface area contributed by atoms with Gasteiger partial charge in [0.15, 0.2) is 0 Å². The second-order valence-corrected chi connectivity index (χ2v) is 8.83. The first-order chi connectivity index (χ1) is 14.0. The van der Waals surface area contributed by atoms with Crippen LogP contribution < -0.4 is 10.1 Å². The van der Waals surface area contributed by atoms with E-state index in [9.17, 15) is 9.59 Å². The molecule has 0 radical (unpaired) electrons. The third-order valence-corrected chi connectivity index (χ3v) is 6.11. The number of thiocarbonyl (C=S) groups is 1. The van der Waals surface area contributed by atoms with Crippen LogP contribution in [0.25, 0.3) is 6.08 Å². The second-order valence-electron chi connectivity index (χ2n) is 6.24. The van der Waals surface area contributed by atoms with Crippen molar-refractivity contribution in [1.29, 1.82) is 0 Å². The van der Waals surface area contributed by atoms with Gasteiger partial charge in [-0.05, 0) is 42.3 Å². The van der Waals surface area contributed by atoms with E-state index in [0.29, 0.717) is 33.6 Å². The van der Waals surface area contributed by atoms with Gasteiger partial charge in [0.05, 0.1) is 17.7 Å². The van der Waals surface area contributed by atoms with Crippen molar-refractivity contribution < 1.29 is 14.3 Å². The van der Waals surface area contributed by atoms with Crippen LogP contribution >= 0.6 is 39.9 Å². The molecular weight excluding hydrogens is 472 g/mol. The molecule has 0 atom stereocenters. The minimum atomic E-state index is -0.134. The molecular formula is C21H19BrN2O3S2. The molecule has 1 saturated heterocycles. The van der Waals surface area contributed by atoms with E-state index in [-0.39, 0.29) is 18.2 Å². The zero-order valence-electron chi connectivity index (χ0n) is 15.7. The van der Waals surface area contributed by atoms with Crippen molar-refractivity contribution in [1.82, 2.24) is 4.90 Å². The number of ether oxygens (including phenoxy) is 1. The lowest BCUT2D eigenvalue weighted by molar-refractivity contribution is -0.122. The van der Waals surface area contributed by atoms with Gasteiger partial charge in [-0.1, -0.05) is 64.2 Å². The van der Waals surface area contributed by atoms with Crippen LogP contribution in [0.15, 0.2) is 57.9 Å². The number of methoxy groups -OCH3 is 1. The minimum Gasteiger partial charge on any atom is -0.495 e. The molecule has 5 nitrogen and oxygen atoms in total.